The summed E-state index contributed by atoms with van der Waals surface area (Å²) in [4.78, 5) is 14.1. The van der Waals surface area contributed by atoms with Gasteiger partial charge in [-0.25, -0.2) is 16.8 Å². The minimum Gasteiger partial charge on any atom is -0.340 e. The van der Waals surface area contributed by atoms with Gasteiger partial charge in [-0.3, -0.25) is 9.48 Å². The summed E-state index contributed by atoms with van der Waals surface area (Å²) in [5.41, 5.74) is 1.02. The molecule has 0 aromatic carbocycles. The number of rotatable bonds is 5. The second kappa shape index (κ2) is 7.86. The molecule has 1 fully saturated rings. The summed E-state index contributed by atoms with van der Waals surface area (Å²) in [6.07, 6.45) is 1.52. The van der Waals surface area contributed by atoms with Gasteiger partial charge in [0.05, 0.1) is 24.2 Å². The van der Waals surface area contributed by atoms with Gasteiger partial charge in [-0.15, -0.1) is 0 Å². The molecule has 0 bridgehead atoms. The van der Waals surface area contributed by atoms with E-state index >= 15 is 0 Å². The fourth-order valence-electron chi connectivity index (χ4n) is 3.05. The van der Waals surface area contributed by atoms with Crippen LogP contribution < -0.4 is 0 Å². The van der Waals surface area contributed by atoms with Crippen LogP contribution >= 0.6 is 0 Å². The van der Waals surface area contributed by atoms with E-state index in [0.717, 1.165) is 10.6 Å². The Labute approximate surface area is 160 Å². The van der Waals surface area contributed by atoms with Crippen LogP contribution in [-0.4, -0.2) is 92.1 Å². The second-order valence-electron chi connectivity index (χ2n) is 6.78. The third kappa shape index (κ3) is 4.68. The maximum Gasteiger partial charge on any atom is 0.246 e. The number of carbonyl (C=O) groups is 1. The van der Waals surface area contributed by atoms with E-state index in [1.165, 1.54) is 20.9 Å². The molecule has 2 heterocycles. The minimum absolute atomic E-state index is 0.157. The lowest BCUT2D eigenvalue weighted by atomic mass is 10.4. The highest BCUT2D eigenvalue weighted by molar-refractivity contribution is 7.89. The van der Waals surface area contributed by atoms with E-state index in [1.54, 1.807) is 20.9 Å². The van der Waals surface area contributed by atoms with Crippen molar-refractivity contribution in [2.75, 3.05) is 46.0 Å². The summed E-state index contributed by atoms with van der Waals surface area (Å²) in [7, 11) is -4.13. The van der Waals surface area contributed by atoms with Crippen LogP contribution in [0.15, 0.2) is 4.90 Å². The minimum atomic E-state index is -3.72. The maximum atomic E-state index is 13.1. The molecule has 0 aliphatic carbocycles. The number of amides is 1. The summed E-state index contributed by atoms with van der Waals surface area (Å²) in [5, 5.41) is 4.18. The third-order valence-corrected chi connectivity index (χ3v) is 8.19. The van der Waals surface area contributed by atoms with E-state index in [-0.39, 0.29) is 30.4 Å². The molecule has 154 valence electrons. The molecule has 12 heteroatoms. The van der Waals surface area contributed by atoms with Crippen molar-refractivity contribution in [3.63, 3.8) is 0 Å². The number of carbonyl (C=O) groups excluding carboxylic acids is 1. The van der Waals surface area contributed by atoms with E-state index in [1.807, 2.05) is 0 Å². The normalized spacial score (nSPS) is 17.3. The zero-order valence-corrected chi connectivity index (χ0v) is 18.0. The summed E-state index contributed by atoms with van der Waals surface area (Å²) < 4.78 is 53.0. The van der Waals surface area contributed by atoms with Crippen LogP contribution in [0.1, 0.15) is 17.8 Å². The van der Waals surface area contributed by atoms with Crippen molar-refractivity contribution < 1.29 is 21.6 Å². The van der Waals surface area contributed by atoms with Gasteiger partial charge in [0.1, 0.15) is 4.90 Å². The predicted molar refractivity (Wildman–Crippen MR) is 100 cm³/mol. The molecule has 1 aliphatic heterocycles. The first-order valence-corrected chi connectivity index (χ1v) is 11.8. The maximum absolute atomic E-state index is 13.1. The fraction of sp³-hybridized carbons (Fsp3) is 0.733. The van der Waals surface area contributed by atoms with Crippen LogP contribution in [-0.2, 0) is 31.9 Å². The first-order chi connectivity index (χ1) is 12.4. The lowest BCUT2D eigenvalue weighted by Crippen LogP contribution is -2.42. The topological polar surface area (TPSA) is 113 Å². The summed E-state index contributed by atoms with van der Waals surface area (Å²) in [6.45, 7) is 4.16. The van der Waals surface area contributed by atoms with Gasteiger partial charge in [0.2, 0.25) is 26.0 Å². The molecular weight excluding hydrogens is 394 g/mol. The van der Waals surface area contributed by atoms with E-state index in [9.17, 15) is 21.6 Å². The predicted octanol–water partition coefficient (Wildman–Crippen LogP) is -0.849. The van der Waals surface area contributed by atoms with Gasteiger partial charge in [-0.05, 0) is 20.3 Å². The Kier molecular flexibility index (Phi) is 6.34. The number of nitrogens with zero attached hydrogens (tertiary/aromatic N) is 5. The number of aryl methyl sites for hydroxylation is 2. The molecule has 0 saturated carbocycles. The van der Waals surface area contributed by atoms with Gasteiger partial charge < -0.3 is 4.90 Å². The molecular formula is C15H27N5O5S2. The molecule has 2 rings (SSSR count). The van der Waals surface area contributed by atoms with Gasteiger partial charge in [-0.2, -0.15) is 13.7 Å². The molecule has 1 aliphatic rings. The second-order valence-corrected chi connectivity index (χ2v) is 10.7. The van der Waals surface area contributed by atoms with Gasteiger partial charge in [-0.1, -0.05) is 0 Å². The Bertz CT molecular complexity index is 923. The molecule has 0 spiro atoms. The largest absolute Gasteiger partial charge is 0.340 e. The third-order valence-electron chi connectivity index (χ3n) is 4.77. The van der Waals surface area contributed by atoms with Crippen LogP contribution in [0.2, 0.25) is 0 Å². The van der Waals surface area contributed by atoms with Crippen molar-refractivity contribution in [2.24, 2.45) is 7.05 Å². The molecule has 1 aromatic heterocycles. The number of likely N-dealkylation sites (N-methyl/N-ethyl adjacent to an activating group) is 1. The monoisotopic (exact) mass is 421 g/mol. The van der Waals surface area contributed by atoms with Crippen LogP contribution in [0.5, 0.6) is 0 Å². The van der Waals surface area contributed by atoms with Gasteiger partial charge in [0, 0.05) is 40.3 Å². The van der Waals surface area contributed by atoms with Crippen LogP contribution in [0.25, 0.3) is 0 Å². The number of hydrogen-bond acceptors (Lipinski definition) is 6. The molecule has 1 saturated heterocycles. The Morgan fingerprint density at radius 3 is 2.26 bits per heavy atom. The van der Waals surface area contributed by atoms with Crippen molar-refractivity contribution in [2.45, 2.75) is 25.2 Å². The van der Waals surface area contributed by atoms with E-state index in [0.29, 0.717) is 30.9 Å². The summed E-state index contributed by atoms with van der Waals surface area (Å²) in [6, 6.07) is 0. The zero-order chi connectivity index (χ0) is 20.6. The molecule has 0 atom stereocenters. The van der Waals surface area contributed by atoms with E-state index in [4.69, 9.17) is 0 Å². The van der Waals surface area contributed by atoms with Crippen LogP contribution in [0, 0.1) is 13.8 Å². The first kappa shape index (κ1) is 21.8. The highest BCUT2D eigenvalue weighted by Crippen LogP contribution is 2.24. The molecule has 10 nitrogen and oxygen atoms in total. The number of sulfonamides is 2. The Hall–Kier alpha value is -1.50. The van der Waals surface area contributed by atoms with Crippen molar-refractivity contribution in [1.82, 2.24) is 23.3 Å². The van der Waals surface area contributed by atoms with Gasteiger partial charge in [0.25, 0.3) is 0 Å². The van der Waals surface area contributed by atoms with Crippen molar-refractivity contribution >= 4 is 26.0 Å². The Morgan fingerprint density at radius 2 is 1.74 bits per heavy atom. The summed E-state index contributed by atoms with van der Waals surface area (Å²) in [5.74, 6) is -0.337. The molecule has 1 amide bonds. The highest BCUT2D eigenvalue weighted by atomic mass is 32.2. The van der Waals surface area contributed by atoms with Crippen LogP contribution in [0.3, 0.4) is 0 Å². The number of hydrogen-bond donors (Lipinski definition) is 0. The van der Waals surface area contributed by atoms with Crippen LogP contribution in [0.4, 0.5) is 0 Å². The molecule has 27 heavy (non-hydrogen) atoms. The van der Waals surface area contributed by atoms with Crippen molar-refractivity contribution in [3.8, 4) is 0 Å². The van der Waals surface area contributed by atoms with Gasteiger partial charge in [0.15, 0.2) is 0 Å². The molecule has 1 aromatic rings. The average Bonchev–Trinajstić information content (AvgIpc) is 2.73. The van der Waals surface area contributed by atoms with Crippen molar-refractivity contribution in [1.29, 1.82) is 0 Å². The Morgan fingerprint density at radius 1 is 1.11 bits per heavy atom. The van der Waals surface area contributed by atoms with Gasteiger partial charge >= 0.3 is 0 Å². The standard InChI is InChI=1S/C15H27N5O5S2/c1-12-15(13(2)18(4)16-12)27(24,25)20-8-6-7-19(9-10-20)14(21)11-17(3)26(5,22)23/h6-11H2,1-5H3. The SMILES string of the molecule is Cc1nn(C)c(C)c1S(=O)(=O)N1CCCN(C(=O)CN(C)S(C)(=O)=O)CC1. The lowest BCUT2D eigenvalue weighted by molar-refractivity contribution is -0.131. The van der Waals surface area contributed by atoms with Crippen molar-refractivity contribution in [3.05, 3.63) is 11.4 Å². The first-order valence-electron chi connectivity index (χ1n) is 8.55. The van der Waals surface area contributed by atoms with E-state index < -0.39 is 20.0 Å². The quantitative estimate of drug-likeness (QED) is 0.612. The average molecular weight is 422 g/mol. The lowest BCUT2D eigenvalue weighted by Gasteiger charge is -2.24. The molecule has 0 radical (unpaired) electrons. The fourth-order valence-corrected chi connectivity index (χ4v) is 5.26. The smallest absolute Gasteiger partial charge is 0.246 e. The summed E-state index contributed by atoms with van der Waals surface area (Å²) >= 11 is 0. The Balaban J connectivity index is 2.13. The molecule has 0 unspecified atom stereocenters. The number of aromatic nitrogens is 2. The highest BCUT2D eigenvalue weighted by Gasteiger charge is 2.32. The zero-order valence-electron chi connectivity index (χ0n) is 16.3. The molecule has 0 N–H and O–H groups in total. The van der Waals surface area contributed by atoms with E-state index in [2.05, 4.69) is 5.10 Å².